The number of rotatable bonds is 10. The summed E-state index contributed by atoms with van der Waals surface area (Å²) in [6.45, 7) is 1.98. The normalized spacial score (nSPS) is 21.3. The molecule has 0 radical (unpaired) electrons. The molecule has 0 unspecified atom stereocenters. The summed E-state index contributed by atoms with van der Waals surface area (Å²) in [7, 11) is 3.69. The van der Waals surface area contributed by atoms with E-state index in [9.17, 15) is 20.1 Å². The highest BCUT2D eigenvalue weighted by Crippen LogP contribution is 2.62. The van der Waals surface area contributed by atoms with Crippen LogP contribution in [0.15, 0.2) is 48.5 Å². The van der Waals surface area contributed by atoms with Crippen molar-refractivity contribution < 1.29 is 39.1 Å². The maximum Gasteiger partial charge on any atom is 0.302 e. The molecule has 1 aromatic heterocycles. The van der Waals surface area contributed by atoms with Crippen molar-refractivity contribution in [2.24, 2.45) is 5.92 Å². The van der Waals surface area contributed by atoms with Crippen LogP contribution in [0, 0.1) is 17.8 Å². The van der Waals surface area contributed by atoms with E-state index >= 15 is 0 Å². The number of nitrogen functional groups attached to an aromatic ring is 1. The second-order valence-electron chi connectivity index (χ2n) is 15.5. The molecule has 1 saturated carbocycles. The lowest BCUT2D eigenvalue weighted by Crippen LogP contribution is -2.37. The molecule has 8 rings (SSSR count). The minimum Gasteiger partial charge on any atom is -0.508 e. The molecule has 3 aromatic carbocycles. The molecule has 7 N–H and O–H groups in total. The van der Waals surface area contributed by atoms with Crippen molar-refractivity contribution in [3.8, 4) is 51.7 Å². The summed E-state index contributed by atoms with van der Waals surface area (Å²) < 4.78 is 25.2. The zero-order valence-corrected chi connectivity index (χ0v) is 31.9. The average Bonchev–Trinajstić information content (AvgIpc) is 3.73. The number of hydrogen-bond donors (Lipinski definition) is 6. The summed E-state index contributed by atoms with van der Waals surface area (Å²) in [4.78, 5) is 17.1. The molecule has 2 aliphatic carbocycles. The van der Waals surface area contributed by atoms with Crippen LogP contribution in [0.2, 0.25) is 0 Å². The number of phenols is 2. The van der Waals surface area contributed by atoms with Gasteiger partial charge in [0.1, 0.15) is 47.6 Å². The first kappa shape index (κ1) is 37.4. The van der Waals surface area contributed by atoms with Crippen LogP contribution in [0.4, 0.5) is 5.82 Å². The number of esters is 1. The first-order chi connectivity index (χ1) is 27.1. The number of likely N-dealkylation sites (N-methyl/N-ethyl adjacent to an activating group) is 2. The number of anilines is 1. The van der Waals surface area contributed by atoms with Gasteiger partial charge in [-0.2, -0.15) is 0 Å². The molecular formula is C44H48N4O8. The van der Waals surface area contributed by atoms with Gasteiger partial charge in [-0.25, -0.2) is 4.98 Å². The van der Waals surface area contributed by atoms with E-state index in [0.717, 1.165) is 75.9 Å². The van der Waals surface area contributed by atoms with Crippen LogP contribution in [-0.2, 0) is 34.2 Å². The van der Waals surface area contributed by atoms with Crippen molar-refractivity contribution in [1.29, 1.82) is 0 Å². The van der Waals surface area contributed by atoms with Gasteiger partial charge in [-0.1, -0.05) is 24.1 Å². The number of pyridine rings is 1. The zero-order valence-electron chi connectivity index (χ0n) is 31.9. The number of benzene rings is 3. The van der Waals surface area contributed by atoms with Crippen LogP contribution < -0.4 is 30.6 Å². The molecule has 1 fully saturated rings. The number of aliphatic hydroxyl groups is 1. The Kier molecular flexibility index (Phi) is 10.2. The first-order valence-corrected chi connectivity index (χ1v) is 19.2. The summed E-state index contributed by atoms with van der Waals surface area (Å²) in [6.07, 6.45) is 3.34. The van der Waals surface area contributed by atoms with Crippen molar-refractivity contribution in [3.63, 3.8) is 0 Å². The Hall–Kier alpha value is -5.48. The lowest BCUT2D eigenvalue weighted by molar-refractivity contribution is -0.141. The van der Waals surface area contributed by atoms with Gasteiger partial charge in [0.2, 0.25) is 0 Å². The SMILES string of the molecule is CNCC(CNC)Oc1cc2c(cc1O)CC#Cc1nc(N)ccc1C[C@@H]1CC[C@]3(Cc4cc(O)cc(OCO)c4-c4ccc5c(c43)O[C@H]2[C@@H]5COC(C)=O)C1. The van der Waals surface area contributed by atoms with E-state index in [-0.39, 0.29) is 42.0 Å². The largest absolute Gasteiger partial charge is 0.508 e. The lowest BCUT2D eigenvalue weighted by atomic mass is 9.65. The highest BCUT2D eigenvalue weighted by Gasteiger charge is 2.51. The van der Waals surface area contributed by atoms with E-state index in [0.29, 0.717) is 42.5 Å². The topological polar surface area (TPSA) is 178 Å². The molecule has 292 valence electrons. The molecular weight excluding hydrogens is 713 g/mol. The number of aromatic nitrogens is 1. The minimum atomic E-state index is -0.641. The second kappa shape index (κ2) is 15.2. The van der Waals surface area contributed by atoms with Gasteiger partial charge in [0.05, 0.1) is 5.92 Å². The molecule has 4 aromatic rings. The Balaban J connectivity index is 1.37. The number of carbonyl (C=O) groups is 1. The molecule has 1 spiro atoms. The first-order valence-electron chi connectivity index (χ1n) is 19.2. The van der Waals surface area contributed by atoms with Crippen LogP contribution in [0.1, 0.15) is 77.3 Å². The lowest BCUT2D eigenvalue weighted by Gasteiger charge is -2.39. The number of nitrogens with one attached hydrogen (secondary N) is 2. The smallest absolute Gasteiger partial charge is 0.302 e. The molecule has 12 nitrogen and oxygen atoms in total. The van der Waals surface area contributed by atoms with Crippen LogP contribution in [0.3, 0.4) is 0 Å². The van der Waals surface area contributed by atoms with E-state index in [2.05, 4.69) is 33.5 Å². The second-order valence-corrected chi connectivity index (χ2v) is 15.5. The van der Waals surface area contributed by atoms with E-state index in [1.54, 1.807) is 18.2 Å². The van der Waals surface area contributed by atoms with Gasteiger partial charge in [0.25, 0.3) is 0 Å². The Morgan fingerprint density at radius 3 is 2.64 bits per heavy atom. The molecule has 3 heterocycles. The Bertz CT molecular complexity index is 2240. The quantitative estimate of drug-likeness (QED) is 0.0742. The highest BCUT2D eigenvalue weighted by molar-refractivity contribution is 5.84. The molecule has 4 bridgehead atoms. The molecule has 0 amide bonds. The van der Waals surface area contributed by atoms with Crippen molar-refractivity contribution in [2.75, 3.05) is 46.3 Å². The summed E-state index contributed by atoms with van der Waals surface area (Å²) in [6, 6.07) is 14.8. The number of phenolic OH excluding ortho intramolecular Hbond substituents is 2. The van der Waals surface area contributed by atoms with Gasteiger partial charge in [-0.15, -0.1) is 0 Å². The van der Waals surface area contributed by atoms with Gasteiger partial charge < -0.3 is 50.6 Å². The molecule has 4 aliphatic rings. The standard InChI is InChI=1S/C44H48N4O8/c1-24(50)53-22-34-31-8-9-32-40-28(14-29(51)16-38(40)54-23-49)19-44-12-11-25(18-44)13-27-7-10-39(45)48-35(27)6-4-5-26-15-36(52)37(55-30(20-46-2)21-47-3)17-33(26)42(34)56-43(31)41(32)44/h7-10,14-17,25,30,34,42,46-47,49,51-52H,5,11-13,18-23H2,1-3H3,(H2,45,48)/t25-,34+,42+,44+/m0/s1. The number of fused-ring (bicyclic) bond motifs is 7. The van der Waals surface area contributed by atoms with E-state index in [4.69, 9.17) is 24.7 Å². The predicted octanol–water partition coefficient (Wildman–Crippen LogP) is 4.78. The van der Waals surface area contributed by atoms with Crippen LogP contribution in [0.5, 0.6) is 28.7 Å². The number of nitrogens with two attached hydrogens (primary N) is 1. The molecule has 2 aliphatic heterocycles. The van der Waals surface area contributed by atoms with Crippen molar-refractivity contribution in [1.82, 2.24) is 15.6 Å². The average molecular weight is 761 g/mol. The fourth-order valence-corrected chi connectivity index (χ4v) is 9.57. The van der Waals surface area contributed by atoms with Gasteiger partial charge in [0, 0.05) is 60.2 Å². The molecule has 4 atom stereocenters. The van der Waals surface area contributed by atoms with Crippen LogP contribution in [-0.4, -0.2) is 73.0 Å². The van der Waals surface area contributed by atoms with Crippen molar-refractivity contribution in [3.05, 3.63) is 87.6 Å². The molecule has 12 heteroatoms. The fraction of sp³-hybridized carbons (Fsp3) is 0.409. The van der Waals surface area contributed by atoms with Gasteiger partial charge in [0.15, 0.2) is 18.3 Å². The highest BCUT2D eigenvalue weighted by atomic mass is 16.6. The summed E-state index contributed by atoms with van der Waals surface area (Å²) in [5, 5.41) is 38.5. The van der Waals surface area contributed by atoms with Gasteiger partial charge in [-0.3, -0.25) is 4.79 Å². The third kappa shape index (κ3) is 6.84. The molecule has 0 saturated heterocycles. The number of nitrogens with zero attached hydrogens (tertiary/aromatic N) is 1. The van der Waals surface area contributed by atoms with Crippen molar-refractivity contribution in [2.45, 2.75) is 69.0 Å². The van der Waals surface area contributed by atoms with E-state index in [1.807, 2.05) is 38.4 Å². The Morgan fingerprint density at radius 2 is 1.88 bits per heavy atom. The van der Waals surface area contributed by atoms with Crippen LogP contribution in [0.25, 0.3) is 11.1 Å². The monoisotopic (exact) mass is 760 g/mol. The third-order valence-corrected chi connectivity index (χ3v) is 11.8. The zero-order chi connectivity index (χ0) is 39.1. The summed E-state index contributed by atoms with van der Waals surface area (Å²) in [5.41, 5.74) is 13.6. The predicted molar refractivity (Wildman–Crippen MR) is 210 cm³/mol. The van der Waals surface area contributed by atoms with Gasteiger partial charge >= 0.3 is 5.97 Å². The summed E-state index contributed by atoms with van der Waals surface area (Å²) in [5.74, 6) is 7.97. The Labute approximate surface area is 326 Å². The minimum absolute atomic E-state index is 0.0274. The van der Waals surface area contributed by atoms with Crippen molar-refractivity contribution >= 4 is 11.8 Å². The number of hydrogen-bond acceptors (Lipinski definition) is 12. The maximum atomic E-state index is 12.4. The third-order valence-electron chi connectivity index (χ3n) is 11.8. The Morgan fingerprint density at radius 1 is 1.05 bits per heavy atom. The number of aromatic hydroxyl groups is 2. The van der Waals surface area contributed by atoms with E-state index in [1.165, 1.54) is 6.92 Å². The van der Waals surface area contributed by atoms with E-state index < -0.39 is 24.8 Å². The fourth-order valence-electron chi connectivity index (χ4n) is 9.57. The number of ether oxygens (including phenoxy) is 4. The summed E-state index contributed by atoms with van der Waals surface area (Å²) >= 11 is 0. The van der Waals surface area contributed by atoms with Gasteiger partial charge in [-0.05, 0) is 105 Å². The van der Waals surface area contributed by atoms with Crippen LogP contribution >= 0.6 is 0 Å². The molecule has 56 heavy (non-hydrogen) atoms. The maximum absolute atomic E-state index is 12.4. The number of aliphatic hydroxyl groups excluding tert-OH is 1. The number of carbonyl (C=O) groups excluding carboxylic acids is 1.